The van der Waals surface area contributed by atoms with Gasteiger partial charge in [0, 0.05) is 34.8 Å². The van der Waals surface area contributed by atoms with Gasteiger partial charge < -0.3 is 15.7 Å². The predicted octanol–water partition coefficient (Wildman–Crippen LogP) is 2.06. The highest BCUT2D eigenvalue weighted by Gasteiger charge is 2.11. The minimum atomic E-state index is 0.623. The first-order valence-electron chi connectivity index (χ1n) is 5.69. The van der Waals surface area contributed by atoms with Gasteiger partial charge >= 0.3 is 0 Å². The van der Waals surface area contributed by atoms with E-state index in [-0.39, 0.29) is 0 Å². The second kappa shape index (κ2) is 4.07. The van der Waals surface area contributed by atoms with Crippen LogP contribution in [0.3, 0.4) is 0 Å². The van der Waals surface area contributed by atoms with Gasteiger partial charge in [-0.25, -0.2) is 4.98 Å². The monoisotopic (exact) mass is 226 g/mol. The Morgan fingerprint density at radius 3 is 2.94 bits per heavy atom. The summed E-state index contributed by atoms with van der Waals surface area (Å²) in [6.07, 6.45) is 4.54. The second-order valence-electron chi connectivity index (χ2n) is 4.02. The predicted molar refractivity (Wildman–Crippen MR) is 68.6 cm³/mol. The summed E-state index contributed by atoms with van der Waals surface area (Å²) in [6, 6.07) is 8.22. The van der Waals surface area contributed by atoms with Crippen LogP contribution in [0.4, 0.5) is 0 Å². The lowest BCUT2D eigenvalue weighted by Gasteiger charge is -1.99. The van der Waals surface area contributed by atoms with Crippen LogP contribution in [0.2, 0.25) is 0 Å². The zero-order valence-corrected chi connectivity index (χ0v) is 9.40. The first kappa shape index (κ1) is 10.1. The van der Waals surface area contributed by atoms with Gasteiger partial charge in [-0.05, 0) is 12.6 Å². The summed E-state index contributed by atoms with van der Waals surface area (Å²) in [6.45, 7) is 0.623. The third-order valence-corrected chi connectivity index (χ3v) is 2.96. The van der Waals surface area contributed by atoms with E-state index in [9.17, 15) is 0 Å². The molecule has 0 radical (unpaired) electrons. The Morgan fingerprint density at radius 2 is 2.06 bits per heavy atom. The van der Waals surface area contributed by atoms with Crippen LogP contribution < -0.4 is 5.73 Å². The van der Waals surface area contributed by atoms with Crippen LogP contribution in [0.5, 0.6) is 0 Å². The molecule has 4 nitrogen and oxygen atoms in total. The fourth-order valence-corrected chi connectivity index (χ4v) is 2.16. The number of hydrogen-bond donors (Lipinski definition) is 3. The molecule has 1 aromatic carbocycles. The van der Waals surface area contributed by atoms with Crippen LogP contribution in [0, 0.1) is 0 Å². The van der Waals surface area contributed by atoms with E-state index in [1.807, 2.05) is 18.3 Å². The summed E-state index contributed by atoms with van der Waals surface area (Å²) in [5.74, 6) is 0. The fraction of sp³-hybridized carbons (Fsp3) is 0.154. The van der Waals surface area contributed by atoms with Gasteiger partial charge in [-0.2, -0.15) is 0 Å². The van der Waals surface area contributed by atoms with Crippen molar-refractivity contribution in [3.63, 3.8) is 0 Å². The minimum Gasteiger partial charge on any atom is -0.360 e. The second-order valence-corrected chi connectivity index (χ2v) is 4.02. The van der Waals surface area contributed by atoms with Crippen molar-refractivity contribution in [2.24, 2.45) is 5.73 Å². The van der Waals surface area contributed by atoms with Crippen molar-refractivity contribution in [1.29, 1.82) is 0 Å². The quantitative estimate of drug-likeness (QED) is 0.639. The molecule has 0 aliphatic carbocycles. The first-order chi connectivity index (χ1) is 8.40. The van der Waals surface area contributed by atoms with Gasteiger partial charge in [-0.3, -0.25) is 0 Å². The molecule has 0 atom stereocenters. The highest BCUT2D eigenvalue weighted by Crippen LogP contribution is 2.28. The molecule has 0 unspecified atom stereocenters. The third kappa shape index (κ3) is 1.62. The lowest BCUT2D eigenvalue weighted by molar-refractivity contribution is 0.937. The minimum absolute atomic E-state index is 0.623. The lowest BCUT2D eigenvalue weighted by Crippen LogP contribution is -2.03. The molecule has 86 valence electrons. The number of aromatic amines is 2. The Balaban J connectivity index is 2.17. The van der Waals surface area contributed by atoms with Crippen molar-refractivity contribution in [2.45, 2.75) is 6.42 Å². The summed E-state index contributed by atoms with van der Waals surface area (Å²) < 4.78 is 0. The van der Waals surface area contributed by atoms with Crippen molar-refractivity contribution < 1.29 is 0 Å². The normalized spacial score (nSPS) is 11.1. The number of nitrogens with two attached hydrogens (primary N) is 1. The number of para-hydroxylation sites is 1. The van der Waals surface area contributed by atoms with Crippen LogP contribution in [-0.2, 0) is 6.42 Å². The molecule has 4 heteroatoms. The smallest absolute Gasteiger partial charge is 0.0934 e. The van der Waals surface area contributed by atoms with Crippen LogP contribution >= 0.6 is 0 Å². The highest BCUT2D eigenvalue weighted by molar-refractivity contribution is 5.94. The van der Waals surface area contributed by atoms with Gasteiger partial charge in [0.1, 0.15) is 0 Å². The maximum Gasteiger partial charge on any atom is 0.0934 e. The number of fused-ring (bicyclic) bond motifs is 1. The fourth-order valence-electron chi connectivity index (χ4n) is 2.16. The summed E-state index contributed by atoms with van der Waals surface area (Å²) >= 11 is 0. The van der Waals surface area contributed by atoms with Gasteiger partial charge in [-0.15, -0.1) is 0 Å². The Morgan fingerprint density at radius 1 is 1.18 bits per heavy atom. The van der Waals surface area contributed by atoms with Gasteiger partial charge in [0.05, 0.1) is 12.0 Å². The summed E-state index contributed by atoms with van der Waals surface area (Å²) in [4.78, 5) is 10.8. The number of benzene rings is 1. The van der Waals surface area contributed by atoms with E-state index in [1.165, 1.54) is 5.39 Å². The van der Waals surface area contributed by atoms with Crippen molar-refractivity contribution >= 4 is 10.9 Å². The van der Waals surface area contributed by atoms with Crippen molar-refractivity contribution in [3.05, 3.63) is 42.5 Å². The maximum absolute atomic E-state index is 5.60. The van der Waals surface area contributed by atoms with E-state index in [0.717, 1.165) is 28.9 Å². The maximum atomic E-state index is 5.60. The van der Waals surface area contributed by atoms with E-state index in [2.05, 4.69) is 27.1 Å². The van der Waals surface area contributed by atoms with Crippen LogP contribution in [-0.4, -0.2) is 21.5 Å². The van der Waals surface area contributed by atoms with Crippen molar-refractivity contribution in [1.82, 2.24) is 15.0 Å². The van der Waals surface area contributed by atoms with Crippen molar-refractivity contribution in [3.8, 4) is 11.3 Å². The SMILES string of the molecule is NCCc1[nH]cnc1-c1c[nH]c2ccccc12. The standard InChI is InChI=1S/C13H14N4/c14-6-5-12-13(17-8-16-12)10-7-15-11-4-2-1-3-9(10)11/h1-4,7-8,15H,5-6,14H2,(H,16,17). The van der Waals surface area contributed by atoms with Crippen LogP contribution in [0.1, 0.15) is 5.69 Å². The number of hydrogen-bond acceptors (Lipinski definition) is 2. The van der Waals surface area contributed by atoms with E-state index < -0.39 is 0 Å². The molecular weight excluding hydrogens is 212 g/mol. The number of imidazole rings is 1. The lowest BCUT2D eigenvalue weighted by atomic mass is 10.1. The van der Waals surface area contributed by atoms with Gasteiger partial charge in [-0.1, -0.05) is 18.2 Å². The van der Waals surface area contributed by atoms with Crippen molar-refractivity contribution in [2.75, 3.05) is 6.54 Å². The molecule has 0 spiro atoms. The Bertz CT molecular complexity index is 635. The summed E-state index contributed by atoms with van der Waals surface area (Å²) in [5, 5.41) is 1.19. The molecule has 4 N–H and O–H groups in total. The van der Waals surface area contributed by atoms with Gasteiger partial charge in [0.25, 0.3) is 0 Å². The molecule has 3 rings (SSSR count). The summed E-state index contributed by atoms with van der Waals surface area (Å²) in [7, 11) is 0. The van der Waals surface area contributed by atoms with Crippen LogP contribution in [0.15, 0.2) is 36.8 Å². The zero-order chi connectivity index (χ0) is 11.7. The molecule has 17 heavy (non-hydrogen) atoms. The average Bonchev–Trinajstić information content (AvgIpc) is 2.95. The molecule has 0 bridgehead atoms. The number of H-pyrrole nitrogens is 2. The van der Waals surface area contributed by atoms with Gasteiger partial charge in [0.15, 0.2) is 0 Å². The molecule has 3 aromatic rings. The molecule has 0 saturated carbocycles. The molecule has 0 saturated heterocycles. The van der Waals surface area contributed by atoms with E-state index in [1.54, 1.807) is 6.33 Å². The number of nitrogens with one attached hydrogen (secondary N) is 2. The number of rotatable bonds is 3. The molecule has 2 aromatic heterocycles. The third-order valence-electron chi connectivity index (χ3n) is 2.96. The molecule has 0 amide bonds. The topological polar surface area (TPSA) is 70.5 Å². The Hall–Kier alpha value is -2.07. The van der Waals surface area contributed by atoms with E-state index >= 15 is 0 Å². The van der Waals surface area contributed by atoms with E-state index in [4.69, 9.17) is 5.73 Å². The van der Waals surface area contributed by atoms with Gasteiger partial charge in [0.2, 0.25) is 0 Å². The average molecular weight is 226 g/mol. The highest BCUT2D eigenvalue weighted by atomic mass is 14.9. The van der Waals surface area contributed by atoms with Crippen LogP contribution in [0.25, 0.3) is 22.2 Å². The molecule has 0 fully saturated rings. The Labute approximate surface area is 98.9 Å². The largest absolute Gasteiger partial charge is 0.360 e. The first-order valence-corrected chi connectivity index (χ1v) is 5.69. The van der Waals surface area contributed by atoms with E-state index in [0.29, 0.717) is 6.54 Å². The zero-order valence-electron chi connectivity index (χ0n) is 9.40. The summed E-state index contributed by atoms with van der Waals surface area (Å²) in [5.41, 5.74) is 9.95. The number of aromatic nitrogens is 3. The number of nitrogens with zero attached hydrogens (tertiary/aromatic N) is 1. The molecule has 0 aliphatic heterocycles. The Kier molecular flexibility index (Phi) is 2.42. The molecule has 2 heterocycles. The molecule has 0 aliphatic rings. The molecular formula is C13H14N4.